The molecular weight excluding hydrogens is 184 g/mol. The second-order valence-electron chi connectivity index (χ2n) is 3.23. The fraction of sp³-hybridized carbons (Fsp3) is 0.889. The summed E-state index contributed by atoms with van der Waals surface area (Å²) in [7, 11) is 3.39. The smallest absolute Gasteiger partial charge is 0.236 e. The fourth-order valence-electron chi connectivity index (χ4n) is 0.817. The summed E-state index contributed by atoms with van der Waals surface area (Å²) in [6.45, 7) is 3.39. The molecule has 0 rings (SSSR count). The molecule has 0 radical (unpaired) electrons. The van der Waals surface area contributed by atoms with Crippen molar-refractivity contribution in [3.05, 3.63) is 0 Å². The standard InChI is InChI=1S/C9H20N2O3/c1-4-14-7-8(12)5-10-6-9(13)11(2)3/h8,10,12H,4-7H2,1-3H3. The van der Waals surface area contributed by atoms with E-state index in [1.54, 1.807) is 14.1 Å². The highest BCUT2D eigenvalue weighted by atomic mass is 16.5. The van der Waals surface area contributed by atoms with Crippen LogP contribution in [-0.2, 0) is 9.53 Å². The Kier molecular flexibility index (Phi) is 7.37. The zero-order valence-corrected chi connectivity index (χ0v) is 9.12. The van der Waals surface area contributed by atoms with Crippen LogP contribution in [0.15, 0.2) is 0 Å². The van der Waals surface area contributed by atoms with E-state index in [9.17, 15) is 9.90 Å². The topological polar surface area (TPSA) is 61.8 Å². The van der Waals surface area contributed by atoms with E-state index in [1.165, 1.54) is 4.90 Å². The van der Waals surface area contributed by atoms with Crippen molar-refractivity contribution in [3.8, 4) is 0 Å². The molecular formula is C9H20N2O3. The first-order valence-electron chi connectivity index (χ1n) is 4.74. The van der Waals surface area contributed by atoms with Gasteiger partial charge in [0.15, 0.2) is 0 Å². The minimum atomic E-state index is -0.551. The SMILES string of the molecule is CCOCC(O)CNCC(=O)N(C)C. The summed E-state index contributed by atoms with van der Waals surface area (Å²) in [5, 5.41) is 12.2. The van der Waals surface area contributed by atoms with Crippen molar-refractivity contribution in [2.24, 2.45) is 0 Å². The molecule has 0 aliphatic carbocycles. The molecule has 0 aliphatic heterocycles. The summed E-state index contributed by atoms with van der Waals surface area (Å²) >= 11 is 0. The van der Waals surface area contributed by atoms with Gasteiger partial charge in [-0.2, -0.15) is 0 Å². The number of aliphatic hydroxyl groups is 1. The lowest BCUT2D eigenvalue weighted by atomic mass is 10.3. The van der Waals surface area contributed by atoms with E-state index in [0.717, 1.165) is 0 Å². The highest BCUT2D eigenvalue weighted by molar-refractivity contribution is 5.77. The second-order valence-corrected chi connectivity index (χ2v) is 3.23. The molecule has 0 aromatic rings. The lowest BCUT2D eigenvalue weighted by Crippen LogP contribution is -2.38. The molecule has 0 aromatic carbocycles. The molecule has 0 saturated heterocycles. The largest absolute Gasteiger partial charge is 0.389 e. The van der Waals surface area contributed by atoms with Gasteiger partial charge in [-0.25, -0.2) is 0 Å². The number of carbonyl (C=O) groups is 1. The molecule has 0 aromatic heterocycles. The van der Waals surface area contributed by atoms with Crippen LogP contribution in [0.3, 0.4) is 0 Å². The summed E-state index contributed by atoms with van der Waals surface area (Å²) in [5.41, 5.74) is 0. The molecule has 0 saturated carbocycles. The zero-order valence-electron chi connectivity index (χ0n) is 9.12. The Hall–Kier alpha value is -0.650. The van der Waals surface area contributed by atoms with E-state index < -0.39 is 6.10 Å². The number of likely N-dealkylation sites (N-methyl/N-ethyl adjacent to an activating group) is 1. The quantitative estimate of drug-likeness (QED) is 0.562. The second kappa shape index (κ2) is 7.73. The monoisotopic (exact) mass is 204 g/mol. The van der Waals surface area contributed by atoms with Crippen molar-refractivity contribution in [1.82, 2.24) is 10.2 Å². The van der Waals surface area contributed by atoms with Gasteiger partial charge in [-0.3, -0.25) is 4.79 Å². The first-order valence-corrected chi connectivity index (χ1v) is 4.74. The van der Waals surface area contributed by atoms with E-state index in [-0.39, 0.29) is 12.5 Å². The highest BCUT2D eigenvalue weighted by Crippen LogP contribution is 1.83. The summed E-state index contributed by atoms with van der Waals surface area (Å²) in [6, 6.07) is 0. The van der Waals surface area contributed by atoms with Gasteiger partial charge in [-0.1, -0.05) is 0 Å². The molecule has 0 fully saturated rings. The Morgan fingerprint density at radius 3 is 2.71 bits per heavy atom. The lowest BCUT2D eigenvalue weighted by Gasteiger charge is -2.13. The average molecular weight is 204 g/mol. The number of amides is 1. The third-order valence-corrected chi connectivity index (χ3v) is 1.67. The highest BCUT2D eigenvalue weighted by Gasteiger charge is 2.06. The molecule has 0 spiro atoms. The van der Waals surface area contributed by atoms with Crippen LogP contribution in [0, 0.1) is 0 Å². The van der Waals surface area contributed by atoms with Gasteiger partial charge in [-0.05, 0) is 6.92 Å². The number of rotatable bonds is 7. The van der Waals surface area contributed by atoms with E-state index >= 15 is 0 Å². The number of aliphatic hydroxyl groups excluding tert-OH is 1. The van der Waals surface area contributed by atoms with Crippen LogP contribution >= 0.6 is 0 Å². The van der Waals surface area contributed by atoms with Crippen molar-refractivity contribution < 1.29 is 14.6 Å². The van der Waals surface area contributed by atoms with Crippen molar-refractivity contribution in [3.63, 3.8) is 0 Å². The van der Waals surface area contributed by atoms with Crippen LogP contribution in [0.2, 0.25) is 0 Å². The molecule has 84 valence electrons. The summed E-state index contributed by atoms with van der Waals surface area (Å²) in [6.07, 6.45) is -0.551. The van der Waals surface area contributed by atoms with Gasteiger partial charge in [-0.15, -0.1) is 0 Å². The summed E-state index contributed by atoms with van der Waals surface area (Å²) in [5.74, 6) is -0.00592. The molecule has 1 unspecified atom stereocenters. The first kappa shape index (κ1) is 13.4. The van der Waals surface area contributed by atoms with Gasteiger partial charge in [0.25, 0.3) is 0 Å². The van der Waals surface area contributed by atoms with Gasteiger partial charge in [0.05, 0.1) is 19.3 Å². The maximum atomic E-state index is 11.1. The number of carbonyl (C=O) groups excluding carboxylic acids is 1. The van der Waals surface area contributed by atoms with Crippen LogP contribution in [0.4, 0.5) is 0 Å². The van der Waals surface area contributed by atoms with E-state index in [1.807, 2.05) is 6.92 Å². The molecule has 5 heteroatoms. The number of hydrogen-bond donors (Lipinski definition) is 2. The van der Waals surface area contributed by atoms with E-state index in [0.29, 0.717) is 19.8 Å². The molecule has 0 bridgehead atoms. The maximum Gasteiger partial charge on any atom is 0.236 e. The van der Waals surface area contributed by atoms with Crippen molar-refractivity contribution in [1.29, 1.82) is 0 Å². The Labute approximate surface area is 85.0 Å². The van der Waals surface area contributed by atoms with Crippen LogP contribution in [0.1, 0.15) is 6.92 Å². The van der Waals surface area contributed by atoms with Gasteiger partial charge in [0.2, 0.25) is 5.91 Å². The molecule has 14 heavy (non-hydrogen) atoms. The molecule has 5 nitrogen and oxygen atoms in total. The molecule has 0 heterocycles. The lowest BCUT2D eigenvalue weighted by molar-refractivity contribution is -0.127. The Morgan fingerprint density at radius 1 is 1.57 bits per heavy atom. The minimum Gasteiger partial charge on any atom is -0.389 e. The molecule has 2 N–H and O–H groups in total. The molecule has 0 aliphatic rings. The Balaban J connectivity index is 3.39. The third-order valence-electron chi connectivity index (χ3n) is 1.67. The summed E-state index contributed by atoms with van der Waals surface area (Å²) in [4.78, 5) is 12.6. The van der Waals surface area contributed by atoms with Crippen molar-refractivity contribution in [2.75, 3.05) is 40.4 Å². The van der Waals surface area contributed by atoms with Crippen molar-refractivity contribution in [2.45, 2.75) is 13.0 Å². The van der Waals surface area contributed by atoms with Gasteiger partial charge < -0.3 is 20.1 Å². The van der Waals surface area contributed by atoms with Crippen LogP contribution < -0.4 is 5.32 Å². The Bertz CT molecular complexity index is 162. The number of nitrogens with one attached hydrogen (secondary N) is 1. The number of hydrogen-bond acceptors (Lipinski definition) is 4. The Morgan fingerprint density at radius 2 is 2.21 bits per heavy atom. The van der Waals surface area contributed by atoms with Crippen LogP contribution in [-0.4, -0.2) is 62.4 Å². The maximum absolute atomic E-state index is 11.1. The van der Waals surface area contributed by atoms with Crippen molar-refractivity contribution >= 4 is 5.91 Å². The van der Waals surface area contributed by atoms with E-state index in [2.05, 4.69) is 5.32 Å². The van der Waals surface area contributed by atoms with Gasteiger partial charge in [0.1, 0.15) is 0 Å². The fourth-order valence-corrected chi connectivity index (χ4v) is 0.817. The first-order chi connectivity index (χ1) is 6.57. The molecule has 1 amide bonds. The zero-order chi connectivity index (χ0) is 11.0. The van der Waals surface area contributed by atoms with Gasteiger partial charge >= 0.3 is 0 Å². The molecule has 1 atom stereocenters. The number of ether oxygens (including phenoxy) is 1. The predicted octanol–water partition coefficient (Wildman–Crippen LogP) is -0.938. The number of nitrogens with zero attached hydrogens (tertiary/aromatic N) is 1. The average Bonchev–Trinajstić information content (AvgIpc) is 2.14. The van der Waals surface area contributed by atoms with Gasteiger partial charge in [0, 0.05) is 27.2 Å². The van der Waals surface area contributed by atoms with E-state index in [4.69, 9.17) is 4.74 Å². The predicted molar refractivity (Wildman–Crippen MR) is 54.1 cm³/mol. The van der Waals surface area contributed by atoms with Crippen LogP contribution in [0.5, 0.6) is 0 Å². The summed E-state index contributed by atoms with van der Waals surface area (Å²) < 4.78 is 5.01. The third kappa shape index (κ3) is 6.82. The minimum absolute atomic E-state index is 0.00592. The normalized spacial score (nSPS) is 12.6. The van der Waals surface area contributed by atoms with Crippen LogP contribution in [0.25, 0.3) is 0 Å².